The van der Waals surface area contributed by atoms with Gasteiger partial charge in [-0.25, -0.2) is 9.97 Å². The molecule has 0 atom stereocenters. The van der Waals surface area contributed by atoms with E-state index in [1.165, 1.54) is 0 Å². The van der Waals surface area contributed by atoms with E-state index in [1.54, 1.807) is 6.20 Å². The number of nitrogens with zero attached hydrogens (tertiary/aromatic N) is 4. The predicted molar refractivity (Wildman–Crippen MR) is 67.3 cm³/mol. The highest BCUT2D eigenvalue weighted by atomic mass is 35.5. The second-order valence-electron chi connectivity index (χ2n) is 4.42. The molecule has 88 valence electrons. The first-order valence-electron chi connectivity index (χ1n) is 5.44. The third-order valence-corrected chi connectivity index (χ3v) is 3.19. The van der Waals surface area contributed by atoms with E-state index < -0.39 is 0 Å². The maximum absolute atomic E-state index is 5.87. The molecule has 0 saturated heterocycles. The lowest BCUT2D eigenvalue weighted by Crippen LogP contribution is -1.92. The van der Waals surface area contributed by atoms with Crippen LogP contribution < -0.4 is 0 Å². The number of aromatic amines is 1. The quantitative estimate of drug-likeness (QED) is 0.675. The molecule has 17 heavy (non-hydrogen) atoms. The molecule has 0 spiro atoms. The number of rotatable bonds is 1. The van der Waals surface area contributed by atoms with Gasteiger partial charge in [0.25, 0.3) is 0 Å². The number of H-pyrrole nitrogens is 1. The lowest BCUT2D eigenvalue weighted by molar-refractivity contribution is 0.815. The molecule has 0 aliphatic heterocycles. The smallest absolute Gasteiger partial charge is 0.223 e. The molecule has 0 radical (unpaired) electrons. The van der Waals surface area contributed by atoms with E-state index in [2.05, 4.69) is 34.0 Å². The van der Waals surface area contributed by atoms with Crippen molar-refractivity contribution in [2.45, 2.75) is 19.8 Å². The van der Waals surface area contributed by atoms with Crippen molar-refractivity contribution in [1.82, 2.24) is 24.7 Å². The van der Waals surface area contributed by atoms with Crippen LogP contribution in [0.3, 0.4) is 0 Å². The van der Waals surface area contributed by atoms with E-state index in [0.29, 0.717) is 5.92 Å². The van der Waals surface area contributed by atoms with Crippen molar-refractivity contribution in [3.8, 4) is 0 Å². The fraction of sp³-hybridized carbons (Fsp3) is 0.364. The van der Waals surface area contributed by atoms with Gasteiger partial charge in [0.15, 0.2) is 5.65 Å². The normalized spacial score (nSPS) is 12.1. The summed E-state index contributed by atoms with van der Waals surface area (Å²) in [6.45, 7) is 4.24. The fourth-order valence-electron chi connectivity index (χ4n) is 2.14. The molecule has 0 saturated carbocycles. The van der Waals surface area contributed by atoms with Crippen molar-refractivity contribution in [1.29, 1.82) is 0 Å². The zero-order valence-corrected chi connectivity index (χ0v) is 10.6. The Kier molecular flexibility index (Phi) is 2.13. The van der Waals surface area contributed by atoms with Gasteiger partial charge in [-0.15, -0.1) is 0 Å². The largest absolute Gasteiger partial charge is 0.324 e. The Morgan fingerprint density at radius 2 is 2.18 bits per heavy atom. The van der Waals surface area contributed by atoms with Crippen LogP contribution in [0, 0.1) is 0 Å². The minimum absolute atomic E-state index is 0.265. The number of nitrogens with one attached hydrogen (secondary N) is 1. The SMILES string of the molecule is CC(C)c1[nH]nc2c1c1nc(Cl)ncc1n2C. The molecule has 0 aliphatic rings. The van der Waals surface area contributed by atoms with Crippen LogP contribution in [0.25, 0.3) is 22.1 Å². The highest BCUT2D eigenvalue weighted by Gasteiger charge is 2.18. The number of aryl methyl sites for hydroxylation is 1. The zero-order chi connectivity index (χ0) is 12.2. The fourth-order valence-corrected chi connectivity index (χ4v) is 2.27. The molecule has 1 N–H and O–H groups in total. The maximum Gasteiger partial charge on any atom is 0.223 e. The molecule has 3 rings (SSSR count). The number of fused-ring (bicyclic) bond motifs is 3. The molecule has 0 unspecified atom stereocenters. The van der Waals surface area contributed by atoms with Crippen LogP contribution in [0.1, 0.15) is 25.5 Å². The highest BCUT2D eigenvalue weighted by molar-refractivity contribution is 6.28. The van der Waals surface area contributed by atoms with E-state index in [-0.39, 0.29) is 5.28 Å². The lowest BCUT2D eigenvalue weighted by atomic mass is 10.1. The zero-order valence-electron chi connectivity index (χ0n) is 9.82. The molecule has 3 aromatic rings. The van der Waals surface area contributed by atoms with Gasteiger partial charge in [-0.2, -0.15) is 5.10 Å². The molecular formula is C11H12ClN5. The number of hydrogen-bond donors (Lipinski definition) is 1. The average Bonchev–Trinajstić information content (AvgIpc) is 2.80. The second-order valence-corrected chi connectivity index (χ2v) is 4.76. The highest BCUT2D eigenvalue weighted by Crippen LogP contribution is 2.31. The van der Waals surface area contributed by atoms with Crippen LogP contribution in [0.15, 0.2) is 6.20 Å². The Balaban J connectivity index is 2.54. The summed E-state index contributed by atoms with van der Waals surface area (Å²) >= 11 is 5.87. The minimum Gasteiger partial charge on any atom is -0.324 e. The van der Waals surface area contributed by atoms with E-state index >= 15 is 0 Å². The standard InChI is InChI=1S/C11H12ClN5/c1-5(2)8-7-9-6(4-13-11(12)14-9)17(3)10(7)16-15-8/h4-5H,1-3H3,(H,15,16). The predicted octanol–water partition coefficient (Wildman–Crippen LogP) is 2.62. The molecule has 3 heterocycles. The van der Waals surface area contributed by atoms with Gasteiger partial charge < -0.3 is 4.57 Å². The minimum atomic E-state index is 0.265. The summed E-state index contributed by atoms with van der Waals surface area (Å²) in [5, 5.41) is 8.71. The topological polar surface area (TPSA) is 59.4 Å². The van der Waals surface area contributed by atoms with Gasteiger partial charge >= 0.3 is 0 Å². The van der Waals surface area contributed by atoms with Crippen LogP contribution in [0.2, 0.25) is 5.28 Å². The monoisotopic (exact) mass is 249 g/mol. The summed E-state index contributed by atoms with van der Waals surface area (Å²) in [5.74, 6) is 0.361. The van der Waals surface area contributed by atoms with Gasteiger partial charge in [0.2, 0.25) is 5.28 Å². The molecule has 0 bridgehead atoms. The summed E-state index contributed by atoms with van der Waals surface area (Å²) in [6.07, 6.45) is 1.73. The van der Waals surface area contributed by atoms with Gasteiger partial charge in [-0.1, -0.05) is 13.8 Å². The first-order chi connectivity index (χ1) is 8.09. The van der Waals surface area contributed by atoms with Crippen molar-refractivity contribution in [3.63, 3.8) is 0 Å². The third-order valence-electron chi connectivity index (χ3n) is 3.01. The number of aromatic nitrogens is 5. The van der Waals surface area contributed by atoms with Crippen LogP contribution >= 0.6 is 11.6 Å². The van der Waals surface area contributed by atoms with E-state index in [0.717, 1.165) is 27.8 Å². The Morgan fingerprint density at radius 1 is 1.41 bits per heavy atom. The number of halogens is 1. The molecule has 0 amide bonds. The van der Waals surface area contributed by atoms with Crippen molar-refractivity contribution in [2.24, 2.45) is 7.05 Å². The van der Waals surface area contributed by atoms with Gasteiger partial charge in [-0.05, 0) is 17.5 Å². The molecule has 5 nitrogen and oxygen atoms in total. The first kappa shape index (κ1) is 10.5. The molecule has 0 fully saturated rings. The van der Waals surface area contributed by atoms with E-state index in [4.69, 9.17) is 11.6 Å². The summed E-state index contributed by atoms with van der Waals surface area (Å²) < 4.78 is 1.98. The van der Waals surface area contributed by atoms with Crippen LogP contribution in [0.4, 0.5) is 0 Å². The van der Waals surface area contributed by atoms with Crippen molar-refractivity contribution < 1.29 is 0 Å². The van der Waals surface area contributed by atoms with Gasteiger partial charge in [0.05, 0.1) is 17.1 Å². The molecular weight excluding hydrogens is 238 g/mol. The Morgan fingerprint density at radius 3 is 2.88 bits per heavy atom. The molecule has 3 aromatic heterocycles. The van der Waals surface area contributed by atoms with Gasteiger partial charge in [0.1, 0.15) is 5.52 Å². The number of hydrogen-bond acceptors (Lipinski definition) is 3. The van der Waals surface area contributed by atoms with Crippen LogP contribution in [-0.4, -0.2) is 24.7 Å². The summed E-state index contributed by atoms with van der Waals surface area (Å²) in [6, 6.07) is 0. The van der Waals surface area contributed by atoms with Gasteiger partial charge in [-0.3, -0.25) is 5.10 Å². The van der Waals surface area contributed by atoms with E-state index in [1.807, 2.05) is 11.6 Å². The van der Waals surface area contributed by atoms with E-state index in [9.17, 15) is 0 Å². The van der Waals surface area contributed by atoms with Crippen molar-refractivity contribution in [2.75, 3.05) is 0 Å². The van der Waals surface area contributed by atoms with Crippen LogP contribution in [-0.2, 0) is 7.05 Å². The average molecular weight is 250 g/mol. The maximum atomic E-state index is 5.87. The Bertz CT molecular complexity index is 709. The Labute approximate surface area is 103 Å². The van der Waals surface area contributed by atoms with Gasteiger partial charge in [0, 0.05) is 12.7 Å². The molecule has 0 aromatic carbocycles. The first-order valence-corrected chi connectivity index (χ1v) is 5.82. The molecule has 6 heteroatoms. The van der Waals surface area contributed by atoms with Crippen molar-refractivity contribution >= 4 is 33.7 Å². The summed E-state index contributed by atoms with van der Waals surface area (Å²) in [4.78, 5) is 8.33. The van der Waals surface area contributed by atoms with Crippen molar-refractivity contribution in [3.05, 3.63) is 17.2 Å². The third kappa shape index (κ3) is 1.35. The summed E-state index contributed by atoms with van der Waals surface area (Å²) in [5.41, 5.74) is 3.78. The lowest BCUT2D eigenvalue weighted by Gasteiger charge is -2.00. The van der Waals surface area contributed by atoms with Crippen LogP contribution in [0.5, 0.6) is 0 Å². The molecule has 0 aliphatic carbocycles. The Hall–Kier alpha value is -1.62. The summed E-state index contributed by atoms with van der Waals surface area (Å²) in [7, 11) is 1.95. The second kappa shape index (κ2) is 3.43.